The van der Waals surface area contributed by atoms with Gasteiger partial charge in [0.1, 0.15) is 5.75 Å². The predicted molar refractivity (Wildman–Crippen MR) is 73.5 cm³/mol. The molecule has 17 heavy (non-hydrogen) atoms. The lowest BCUT2D eigenvalue weighted by atomic mass is 10.1. The lowest BCUT2D eigenvalue weighted by molar-refractivity contribution is 0.238. The summed E-state index contributed by atoms with van der Waals surface area (Å²) in [5, 5.41) is 3.53. The molecule has 0 heterocycles. The van der Waals surface area contributed by atoms with E-state index in [0.717, 1.165) is 12.3 Å². The quantitative estimate of drug-likeness (QED) is 0.723. The molecule has 0 saturated carbocycles. The van der Waals surface area contributed by atoms with Crippen LogP contribution in [0, 0.1) is 0 Å². The first-order valence-electron chi connectivity index (χ1n) is 6.64. The van der Waals surface area contributed by atoms with Crippen LogP contribution in [0.2, 0.25) is 0 Å². The Morgan fingerprint density at radius 2 is 1.88 bits per heavy atom. The van der Waals surface area contributed by atoms with Crippen molar-refractivity contribution in [2.75, 3.05) is 6.54 Å². The third-order valence-electron chi connectivity index (χ3n) is 2.73. The lowest BCUT2D eigenvalue weighted by Gasteiger charge is -2.19. The van der Waals surface area contributed by atoms with Crippen molar-refractivity contribution < 1.29 is 4.74 Å². The molecule has 0 aliphatic heterocycles. The van der Waals surface area contributed by atoms with E-state index in [1.807, 2.05) is 12.1 Å². The van der Waals surface area contributed by atoms with Gasteiger partial charge in [0.25, 0.3) is 0 Å². The Morgan fingerprint density at radius 3 is 2.53 bits per heavy atom. The molecule has 0 aliphatic rings. The predicted octanol–water partition coefficient (Wildman–Crippen LogP) is 3.92. The second-order valence-electron chi connectivity index (χ2n) is 4.73. The summed E-state index contributed by atoms with van der Waals surface area (Å²) < 4.78 is 5.83. The molecule has 0 radical (unpaired) electrons. The summed E-state index contributed by atoms with van der Waals surface area (Å²) in [5.41, 5.74) is 1.25. The van der Waals surface area contributed by atoms with Gasteiger partial charge in [0.15, 0.2) is 0 Å². The molecule has 0 amide bonds. The Labute approximate surface area is 105 Å². The molecule has 1 rings (SSSR count). The number of rotatable bonds is 7. The molecule has 1 atom stereocenters. The topological polar surface area (TPSA) is 21.3 Å². The van der Waals surface area contributed by atoms with E-state index in [1.54, 1.807) is 0 Å². The second kappa shape index (κ2) is 7.33. The van der Waals surface area contributed by atoms with Crippen LogP contribution in [-0.4, -0.2) is 12.6 Å². The third-order valence-corrected chi connectivity index (χ3v) is 2.73. The maximum absolute atomic E-state index is 5.83. The van der Waals surface area contributed by atoms with Gasteiger partial charge in [-0.2, -0.15) is 0 Å². The van der Waals surface area contributed by atoms with Gasteiger partial charge in [0, 0.05) is 11.6 Å². The van der Waals surface area contributed by atoms with Gasteiger partial charge >= 0.3 is 0 Å². The number of hydrogen-bond donors (Lipinski definition) is 1. The van der Waals surface area contributed by atoms with Crippen LogP contribution < -0.4 is 10.1 Å². The van der Waals surface area contributed by atoms with Crippen molar-refractivity contribution in [2.45, 2.75) is 52.7 Å². The molecule has 0 saturated heterocycles. The van der Waals surface area contributed by atoms with E-state index in [4.69, 9.17) is 4.74 Å². The molecule has 0 fully saturated rings. The second-order valence-corrected chi connectivity index (χ2v) is 4.73. The van der Waals surface area contributed by atoms with Crippen molar-refractivity contribution in [1.82, 2.24) is 5.32 Å². The molecule has 0 aliphatic carbocycles. The molecule has 2 heteroatoms. The summed E-state index contributed by atoms with van der Waals surface area (Å²) in [6.07, 6.45) is 2.67. The van der Waals surface area contributed by atoms with E-state index in [2.05, 4.69) is 45.1 Å². The van der Waals surface area contributed by atoms with E-state index in [0.29, 0.717) is 6.04 Å². The molecule has 0 bridgehead atoms. The minimum Gasteiger partial charge on any atom is -0.491 e. The van der Waals surface area contributed by atoms with Crippen molar-refractivity contribution in [3.8, 4) is 5.75 Å². The number of nitrogens with one attached hydrogen (secondary N) is 1. The van der Waals surface area contributed by atoms with Crippen molar-refractivity contribution in [2.24, 2.45) is 0 Å². The molecular weight excluding hydrogens is 210 g/mol. The highest BCUT2D eigenvalue weighted by atomic mass is 16.5. The zero-order valence-corrected chi connectivity index (χ0v) is 11.5. The number of ether oxygens (including phenoxy) is 1. The monoisotopic (exact) mass is 235 g/mol. The average molecular weight is 235 g/mol. The molecule has 1 N–H and O–H groups in total. The van der Waals surface area contributed by atoms with Gasteiger partial charge in [0.05, 0.1) is 6.10 Å². The number of unbranched alkanes of at least 4 members (excludes halogenated alkanes) is 1. The molecule has 96 valence electrons. The molecule has 0 spiro atoms. The van der Waals surface area contributed by atoms with Gasteiger partial charge in [-0.3, -0.25) is 0 Å². The van der Waals surface area contributed by atoms with Gasteiger partial charge in [-0.05, 0) is 39.8 Å². The van der Waals surface area contributed by atoms with Gasteiger partial charge in [-0.1, -0.05) is 31.5 Å². The van der Waals surface area contributed by atoms with E-state index >= 15 is 0 Å². The van der Waals surface area contributed by atoms with Crippen LogP contribution in [0.1, 0.15) is 52.1 Å². The summed E-state index contributed by atoms with van der Waals surface area (Å²) in [6.45, 7) is 9.59. The first-order chi connectivity index (χ1) is 8.15. The van der Waals surface area contributed by atoms with E-state index < -0.39 is 0 Å². The minimum atomic E-state index is 0.221. The standard InChI is InChI=1S/C15H25NO/c1-5-6-11-16-13(4)14-9-7-8-10-15(14)17-12(2)3/h7-10,12-13,16H,5-6,11H2,1-4H3/t13-/m0/s1. The molecular formula is C15H25NO. The molecule has 1 aromatic carbocycles. The van der Waals surface area contributed by atoms with Crippen LogP contribution in [-0.2, 0) is 0 Å². The first-order valence-corrected chi connectivity index (χ1v) is 6.64. The summed E-state index contributed by atoms with van der Waals surface area (Å²) in [7, 11) is 0. The normalized spacial score (nSPS) is 12.8. The Kier molecular flexibility index (Phi) is 6.06. The fourth-order valence-corrected chi connectivity index (χ4v) is 1.80. The SMILES string of the molecule is CCCCN[C@@H](C)c1ccccc1OC(C)C. The fraction of sp³-hybridized carbons (Fsp3) is 0.600. The number of hydrogen-bond acceptors (Lipinski definition) is 2. The molecule has 2 nitrogen and oxygen atoms in total. The Bertz CT molecular complexity index is 322. The number of benzene rings is 1. The smallest absolute Gasteiger partial charge is 0.124 e. The highest BCUT2D eigenvalue weighted by Gasteiger charge is 2.11. The zero-order valence-electron chi connectivity index (χ0n) is 11.5. The highest BCUT2D eigenvalue weighted by Crippen LogP contribution is 2.25. The maximum Gasteiger partial charge on any atom is 0.124 e. The first kappa shape index (κ1) is 14.0. The molecule has 0 unspecified atom stereocenters. The summed E-state index contributed by atoms with van der Waals surface area (Å²) >= 11 is 0. The van der Waals surface area contributed by atoms with Crippen LogP contribution in [0.5, 0.6) is 5.75 Å². The van der Waals surface area contributed by atoms with E-state index in [-0.39, 0.29) is 6.10 Å². The maximum atomic E-state index is 5.83. The Morgan fingerprint density at radius 1 is 1.18 bits per heavy atom. The van der Waals surface area contributed by atoms with Crippen LogP contribution >= 0.6 is 0 Å². The Hall–Kier alpha value is -1.02. The molecule has 0 aromatic heterocycles. The van der Waals surface area contributed by atoms with Crippen molar-refractivity contribution in [3.05, 3.63) is 29.8 Å². The van der Waals surface area contributed by atoms with Crippen LogP contribution in [0.25, 0.3) is 0 Å². The van der Waals surface area contributed by atoms with Crippen molar-refractivity contribution in [1.29, 1.82) is 0 Å². The van der Waals surface area contributed by atoms with Crippen LogP contribution in [0.15, 0.2) is 24.3 Å². The minimum absolute atomic E-state index is 0.221. The summed E-state index contributed by atoms with van der Waals surface area (Å²) in [6, 6.07) is 8.63. The fourth-order valence-electron chi connectivity index (χ4n) is 1.80. The average Bonchev–Trinajstić information content (AvgIpc) is 2.29. The van der Waals surface area contributed by atoms with Gasteiger partial charge < -0.3 is 10.1 Å². The van der Waals surface area contributed by atoms with Crippen molar-refractivity contribution in [3.63, 3.8) is 0 Å². The lowest BCUT2D eigenvalue weighted by Crippen LogP contribution is -2.21. The van der Waals surface area contributed by atoms with Crippen LogP contribution in [0.3, 0.4) is 0 Å². The zero-order chi connectivity index (χ0) is 12.7. The van der Waals surface area contributed by atoms with Gasteiger partial charge in [-0.15, -0.1) is 0 Å². The van der Waals surface area contributed by atoms with Crippen LogP contribution in [0.4, 0.5) is 0 Å². The van der Waals surface area contributed by atoms with Gasteiger partial charge in [-0.25, -0.2) is 0 Å². The largest absolute Gasteiger partial charge is 0.491 e. The summed E-state index contributed by atoms with van der Waals surface area (Å²) in [4.78, 5) is 0. The number of para-hydroxylation sites is 1. The third kappa shape index (κ3) is 4.78. The summed E-state index contributed by atoms with van der Waals surface area (Å²) in [5.74, 6) is 0.999. The van der Waals surface area contributed by atoms with E-state index in [1.165, 1.54) is 18.4 Å². The van der Waals surface area contributed by atoms with E-state index in [9.17, 15) is 0 Å². The Balaban J connectivity index is 2.67. The van der Waals surface area contributed by atoms with Crippen molar-refractivity contribution >= 4 is 0 Å². The highest BCUT2D eigenvalue weighted by molar-refractivity contribution is 5.35. The van der Waals surface area contributed by atoms with Gasteiger partial charge in [0.2, 0.25) is 0 Å². The molecule has 1 aromatic rings.